The Kier molecular flexibility index (Phi) is 2.72. The molecule has 1 saturated heterocycles. The zero-order chi connectivity index (χ0) is 10.9. The van der Waals surface area contributed by atoms with Gasteiger partial charge in [0.15, 0.2) is 0 Å². The van der Waals surface area contributed by atoms with Gasteiger partial charge in [-0.2, -0.15) is 17.0 Å². The molecule has 6 heteroatoms. The highest BCUT2D eigenvalue weighted by Gasteiger charge is 2.34. The van der Waals surface area contributed by atoms with Crippen molar-refractivity contribution >= 4 is 10.2 Å². The van der Waals surface area contributed by atoms with Crippen molar-refractivity contribution in [3.63, 3.8) is 0 Å². The number of pyridine rings is 1. The maximum absolute atomic E-state index is 11.7. The van der Waals surface area contributed by atoms with Gasteiger partial charge in [-0.05, 0) is 17.7 Å². The van der Waals surface area contributed by atoms with Gasteiger partial charge in [0.2, 0.25) is 0 Å². The molecule has 2 rings (SSSR count). The molecule has 1 fully saturated rings. The molecular formula is C9H13N3O2S. The van der Waals surface area contributed by atoms with Crippen LogP contribution in [-0.4, -0.2) is 42.1 Å². The SMILES string of the molecule is CN(Cc1ccncc1)S(=O)(=O)N1CC1. The Morgan fingerprint density at radius 3 is 2.53 bits per heavy atom. The molecule has 1 aliphatic rings. The summed E-state index contributed by atoms with van der Waals surface area (Å²) < 4.78 is 26.3. The van der Waals surface area contributed by atoms with Crippen LogP contribution in [0, 0.1) is 0 Å². The quantitative estimate of drug-likeness (QED) is 0.684. The summed E-state index contributed by atoms with van der Waals surface area (Å²) >= 11 is 0. The third-order valence-electron chi connectivity index (χ3n) is 2.28. The Bertz CT molecular complexity index is 428. The summed E-state index contributed by atoms with van der Waals surface area (Å²) in [6, 6.07) is 3.63. The van der Waals surface area contributed by atoms with Gasteiger partial charge < -0.3 is 0 Å². The fourth-order valence-corrected chi connectivity index (χ4v) is 2.55. The van der Waals surface area contributed by atoms with E-state index in [1.807, 2.05) is 12.1 Å². The molecule has 15 heavy (non-hydrogen) atoms. The third kappa shape index (κ3) is 2.34. The minimum atomic E-state index is -3.22. The second kappa shape index (κ2) is 3.88. The van der Waals surface area contributed by atoms with Crippen LogP contribution >= 0.6 is 0 Å². The number of rotatable bonds is 4. The minimum Gasteiger partial charge on any atom is -0.265 e. The van der Waals surface area contributed by atoms with E-state index in [-0.39, 0.29) is 0 Å². The second-order valence-electron chi connectivity index (χ2n) is 3.52. The van der Waals surface area contributed by atoms with Crippen molar-refractivity contribution < 1.29 is 8.42 Å². The van der Waals surface area contributed by atoms with E-state index in [1.54, 1.807) is 19.4 Å². The highest BCUT2D eigenvalue weighted by Crippen LogP contribution is 2.16. The van der Waals surface area contributed by atoms with Gasteiger partial charge >= 0.3 is 0 Å². The Labute approximate surface area is 89.5 Å². The van der Waals surface area contributed by atoms with E-state index in [0.29, 0.717) is 19.6 Å². The first-order valence-electron chi connectivity index (χ1n) is 4.71. The molecule has 0 radical (unpaired) electrons. The fourth-order valence-electron chi connectivity index (χ4n) is 1.30. The van der Waals surface area contributed by atoms with Gasteiger partial charge in [0.1, 0.15) is 0 Å². The maximum Gasteiger partial charge on any atom is 0.282 e. The van der Waals surface area contributed by atoms with Gasteiger partial charge in [-0.1, -0.05) is 0 Å². The van der Waals surface area contributed by atoms with Gasteiger partial charge in [-0.3, -0.25) is 4.98 Å². The highest BCUT2D eigenvalue weighted by molar-refractivity contribution is 7.86. The summed E-state index contributed by atoms with van der Waals surface area (Å²) in [7, 11) is -1.63. The molecule has 0 saturated carbocycles. The van der Waals surface area contributed by atoms with E-state index in [4.69, 9.17) is 0 Å². The van der Waals surface area contributed by atoms with E-state index in [9.17, 15) is 8.42 Å². The Morgan fingerprint density at radius 2 is 2.00 bits per heavy atom. The number of hydrogen-bond acceptors (Lipinski definition) is 3. The van der Waals surface area contributed by atoms with Crippen molar-refractivity contribution in [1.29, 1.82) is 0 Å². The normalized spacial score (nSPS) is 16.9. The smallest absolute Gasteiger partial charge is 0.265 e. The standard InChI is InChI=1S/C9H13N3O2S/c1-11(15(13,14)12-6-7-12)8-9-2-4-10-5-3-9/h2-5H,6-8H2,1H3. The molecule has 1 aliphatic heterocycles. The molecule has 0 N–H and O–H groups in total. The Hall–Kier alpha value is -0.980. The van der Waals surface area contributed by atoms with Crippen LogP contribution in [0.3, 0.4) is 0 Å². The van der Waals surface area contributed by atoms with Crippen molar-refractivity contribution in [1.82, 2.24) is 13.6 Å². The molecule has 0 spiro atoms. The molecule has 0 atom stereocenters. The lowest BCUT2D eigenvalue weighted by atomic mass is 10.3. The molecule has 0 aromatic carbocycles. The first kappa shape index (κ1) is 10.5. The first-order chi connectivity index (χ1) is 7.10. The summed E-state index contributed by atoms with van der Waals surface area (Å²) in [5, 5.41) is 0. The Balaban J connectivity index is 2.07. The summed E-state index contributed by atoms with van der Waals surface area (Å²) in [5.41, 5.74) is 0.943. The molecule has 0 aliphatic carbocycles. The molecule has 0 amide bonds. The van der Waals surface area contributed by atoms with Crippen molar-refractivity contribution in [2.45, 2.75) is 6.54 Å². The molecule has 5 nitrogen and oxygen atoms in total. The van der Waals surface area contributed by atoms with E-state index in [0.717, 1.165) is 5.56 Å². The third-order valence-corrected chi connectivity index (χ3v) is 4.22. The van der Waals surface area contributed by atoms with E-state index >= 15 is 0 Å². The molecule has 0 unspecified atom stereocenters. The average Bonchev–Trinajstić information content (AvgIpc) is 3.02. The van der Waals surface area contributed by atoms with Crippen LogP contribution in [0.5, 0.6) is 0 Å². The van der Waals surface area contributed by atoms with Gasteiger partial charge in [-0.25, -0.2) is 0 Å². The second-order valence-corrected chi connectivity index (χ2v) is 5.55. The van der Waals surface area contributed by atoms with Gasteiger partial charge in [0.25, 0.3) is 10.2 Å². The Morgan fingerprint density at radius 1 is 1.40 bits per heavy atom. The van der Waals surface area contributed by atoms with E-state index < -0.39 is 10.2 Å². The lowest BCUT2D eigenvalue weighted by Gasteiger charge is -2.16. The van der Waals surface area contributed by atoms with Crippen LogP contribution in [0.15, 0.2) is 24.5 Å². The largest absolute Gasteiger partial charge is 0.282 e. The first-order valence-corrected chi connectivity index (χ1v) is 6.11. The topological polar surface area (TPSA) is 53.3 Å². The predicted octanol–water partition coefficient (Wildman–Crippen LogP) is 0.0738. The van der Waals surface area contributed by atoms with Crippen LogP contribution < -0.4 is 0 Å². The summed E-state index contributed by atoms with van der Waals surface area (Å²) in [5.74, 6) is 0. The van der Waals surface area contributed by atoms with Crippen LogP contribution in [0.2, 0.25) is 0 Å². The lowest BCUT2D eigenvalue weighted by molar-refractivity contribution is 0.439. The molecule has 2 heterocycles. The van der Waals surface area contributed by atoms with Crippen molar-refractivity contribution in [3.05, 3.63) is 30.1 Å². The summed E-state index contributed by atoms with van der Waals surface area (Å²) in [4.78, 5) is 3.88. The van der Waals surface area contributed by atoms with E-state index in [2.05, 4.69) is 4.98 Å². The molecule has 82 valence electrons. The monoisotopic (exact) mass is 227 g/mol. The van der Waals surface area contributed by atoms with Gasteiger partial charge in [-0.15, -0.1) is 0 Å². The van der Waals surface area contributed by atoms with Crippen molar-refractivity contribution in [3.8, 4) is 0 Å². The zero-order valence-corrected chi connectivity index (χ0v) is 9.31. The number of aromatic nitrogens is 1. The molecule has 0 bridgehead atoms. The molecule has 1 aromatic heterocycles. The van der Waals surface area contributed by atoms with Crippen LogP contribution in [0.25, 0.3) is 0 Å². The van der Waals surface area contributed by atoms with Crippen LogP contribution in [0.4, 0.5) is 0 Å². The number of hydrogen-bond donors (Lipinski definition) is 0. The fraction of sp³-hybridized carbons (Fsp3) is 0.444. The van der Waals surface area contributed by atoms with E-state index in [1.165, 1.54) is 8.61 Å². The maximum atomic E-state index is 11.7. The lowest BCUT2D eigenvalue weighted by Crippen LogP contribution is -2.31. The van der Waals surface area contributed by atoms with Crippen LogP contribution in [0.1, 0.15) is 5.56 Å². The molecule has 1 aromatic rings. The average molecular weight is 227 g/mol. The zero-order valence-electron chi connectivity index (χ0n) is 8.50. The van der Waals surface area contributed by atoms with Gasteiger partial charge in [0, 0.05) is 39.1 Å². The van der Waals surface area contributed by atoms with Gasteiger partial charge in [0.05, 0.1) is 0 Å². The molecular weight excluding hydrogens is 214 g/mol. The predicted molar refractivity (Wildman–Crippen MR) is 56.2 cm³/mol. The van der Waals surface area contributed by atoms with Crippen molar-refractivity contribution in [2.75, 3.05) is 20.1 Å². The van der Waals surface area contributed by atoms with Crippen molar-refractivity contribution in [2.24, 2.45) is 0 Å². The van der Waals surface area contributed by atoms with Crippen LogP contribution in [-0.2, 0) is 16.8 Å². The summed E-state index contributed by atoms with van der Waals surface area (Å²) in [6.45, 7) is 1.67. The minimum absolute atomic E-state index is 0.390. The highest BCUT2D eigenvalue weighted by atomic mass is 32.2. The number of nitrogens with zero attached hydrogens (tertiary/aromatic N) is 3. The summed E-state index contributed by atoms with van der Waals surface area (Å²) in [6.07, 6.45) is 3.32.